The lowest BCUT2D eigenvalue weighted by molar-refractivity contribution is 0.623. The second-order valence-corrected chi connectivity index (χ2v) is 5.85. The van der Waals surface area contributed by atoms with Gasteiger partial charge in [-0.3, -0.25) is 0 Å². The molecule has 0 bridgehead atoms. The van der Waals surface area contributed by atoms with Gasteiger partial charge in [0.15, 0.2) is 0 Å². The molecule has 0 spiro atoms. The van der Waals surface area contributed by atoms with Crippen molar-refractivity contribution in [2.75, 3.05) is 0 Å². The van der Waals surface area contributed by atoms with Gasteiger partial charge < -0.3 is 10.3 Å². The Hall–Kier alpha value is -2.20. The summed E-state index contributed by atoms with van der Waals surface area (Å²) < 4.78 is 15.4. The number of hydrogen-bond donors (Lipinski definition) is 1. The molecule has 22 heavy (non-hydrogen) atoms. The van der Waals surface area contributed by atoms with E-state index >= 15 is 0 Å². The number of halogens is 1. The molecular formula is C18H20FN3. The molecule has 0 saturated heterocycles. The Labute approximate surface area is 129 Å². The summed E-state index contributed by atoms with van der Waals surface area (Å²) in [7, 11) is 0. The molecule has 0 unspecified atom stereocenters. The van der Waals surface area contributed by atoms with E-state index in [0.717, 1.165) is 22.4 Å². The van der Waals surface area contributed by atoms with Gasteiger partial charge >= 0.3 is 0 Å². The highest BCUT2D eigenvalue weighted by molar-refractivity contribution is 5.77. The number of nitrogens with two attached hydrogens (primary N) is 1. The Morgan fingerprint density at radius 3 is 2.68 bits per heavy atom. The van der Waals surface area contributed by atoms with Gasteiger partial charge in [0.1, 0.15) is 11.6 Å². The molecule has 3 nitrogen and oxygen atoms in total. The lowest BCUT2D eigenvalue weighted by Gasteiger charge is -2.09. The van der Waals surface area contributed by atoms with Crippen LogP contribution < -0.4 is 5.73 Å². The first-order valence-corrected chi connectivity index (χ1v) is 7.52. The summed E-state index contributed by atoms with van der Waals surface area (Å²) in [6.45, 7) is 5.26. The monoisotopic (exact) mass is 297 g/mol. The van der Waals surface area contributed by atoms with Crippen LogP contribution in [0.4, 0.5) is 4.39 Å². The summed E-state index contributed by atoms with van der Waals surface area (Å²) in [5.41, 5.74) is 9.98. The fraction of sp³-hybridized carbons (Fsp3) is 0.278. The second-order valence-electron chi connectivity index (χ2n) is 5.85. The van der Waals surface area contributed by atoms with Crippen molar-refractivity contribution in [2.24, 2.45) is 5.73 Å². The molecule has 0 atom stereocenters. The summed E-state index contributed by atoms with van der Waals surface area (Å²) >= 11 is 0. The number of hydrogen-bond acceptors (Lipinski definition) is 2. The van der Waals surface area contributed by atoms with Crippen molar-refractivity contribution < 1.29 is 4.39 Å². The van der Waals surface area contributed by atoms with Crippen molar-refractivity contribution in [3.05, 3.63) is 65.2 Å². The third kappa shape index (κ3) is 2.74. The van der Waals surface area contributed by atoms with Crippen LogP contribution in [0.2, 0.25) is 0 Å². The zero-order valence-electron chi connectivity index (χ0n) is 12.9. The minimum Gasteiger partial charge on any atom is -0.324 e. The summed E-state index contributed by atoms with van der Waals surface area (Å²) in [6, 6.07) is 13.0. The third-order valence-electron chi connectivity index (χ3n) is 3.93. The average Bonchev–Trinajstić information content (AvgIpc) is 2.84. The van der Waals surface area contributed by atoms with Gasteiger partial charge in [-0.05, 0) is 41.3 Å². The number of benzene rings is 2. The first kappa shape index (κ1) is 14.7. The van der Waals surface area contributed by atoms with Crippen LogP contribution in [0.15, 0.2) is 42.5 Å². The molecule has 114 valence electrons. The highest BCUT2D eigenvalue weighted by Crippen LogP contribution is 2.23. The summed E-state index contributed by atoms with van der Waals surface area (Å²) in [5.74, 6) is 1.05. The average molecular weight is 297 g/mol. The fourth-order valence-corrected chi connectivity index (χ4v) is 2.71. The Bertz CT molecular complexity index is 805. The molecule has 2 aromatic carbocycles. The molecule has 0 fully saturated rings. The van der Waals surface area contributed by atoms with Gasteiger partial charge in [-0.1, -0.05) is 32.0 Å². The first-order valence-electron chi connectivity index (χ1n) is 7.52. The summed E-state index contributed by atoms with van der Waals surface area (Å²) in [5, 5.41) is 0. The molecule has 0 aliphatic rings. The Balaban J connectivity index is 2.07. The summed E-state index contributed by atoms with van der Waals surface area (Å²) in [6.07, 6.45) is 0. The van der Waals surface area contributed by atoms with Crippen LogP contribution in [0.1, 0.15) is 36.7 Å². The van der Waals surface area contributed by atoms with Crippen LogP contribution in [-0.2, 0) is 13.1 Å². The van der Waals surface area contributed by atoms with E-state index in [1.807, 2.05) is 6.07 Å². The zero-order chi connectivity index (χ0) is 15.7. The Kier molecular flexibility index (Phi) is 3.94. The molecule has 3 aromatic rings. The van der Waals surface area contributed by atoms with Gasteiger partial charge in [0.05, 0.1) is 17.6 Å². The molecule has 1 heterocycles. The normalized spacial score (nSPS) is 11.5. The van der Waals surface area contributed by atoms with Crippen LogP contribution in [-0.4, -0.2) is 9.55 Å². The molecule has 0 aliphatic carbocycles. The Morgan fingerprint density at radius 1 is 1.18 bits per heavy atom. The van der Waals surface area contributed by atoms with E-state index in [1.54, 1.807) is 12.1 Å². The maximum absolute atomic E-state index is 13.4. The van der Waals surface area contributed by atoms with E-state index < -0.39 is 0 Å². The van der Waals surface area contributed by atoms with Gasteiger partial charge in [0, 0.05) is 6.54 Å². The fourth-order valence-electron chi connectivity index (χ4n) is 2.71. The van der Waals surface area contributed by atoms with Gasteiger partial charge in [-0.15, -0.1) is 0 Å². The lowest BCUT2D eigenvalue weighted by atomic mass is 10.0. The number of rotatable bonds is 4. The molecule has 4 heteroatoms. The summed E-state index contributed by atoms with van der Waals surface area (Å²) in [4.78, 5) is 4.64. The maximum Gasteiger partial charge on any atom is 0.123 e. The topological polar surface area (TPSA) is 43.8 Å². The van der Waals surface area contributed by atoms with E-state index in [2.05, 4.69) is 41.6 Å². The SMILES string of the molecule is CC(C)c1ccc2c(c1)nc(CN)n2Cc1cccc(F)c1. The number of fused-ring (bicyclic) bond motifs is 1. The van der Waals surface area contributed by atoms with Crippen LogP contribution in [0.3, 0.4) is 0 Å². The lowest BCUT2D eigenvalue weighted by Crippen LogP contribution is -2.09. The van der Waals surface area contributed by atoms with E-state index in [4.69, 9.17) is 5.73 Å². The zero-order valence-corrected chi connectivity index (χ0v) is 12.9. The molecule has 1 aromatic heterocycles. The molecule has 3 rings (SSSR count). The minimum absolute atomic E-state index is 0.224. The van der Waals surface area contributed by atoms with Crippen molar-refractivity contribution in [2.45, 2.75) is 32.9 Å². The van der Waals surface area contributed by atoms with Crippen molar-refractivity contribution in [1.29, 1.82) is 0 Å². The predicted molar refractivity (Wildman–Crippen MR) is 87.2 cm³/mol. The molecule has 0 saturated carbocycles. The van der Waals surface area contributed by atoms with Crippen molar-refractivity contribution in [3.8, 4) is 0 Å². The van der Waals surface area contributed by atoms with Gasteiger partial charge in [0.2, 0.25) is 0 Å². The largest absolute Gasteiger partial charge is 0.324 e. The van der Waals surface area contributed by atoms with Crippen LogP contribution >= 0.6 is 0 Å². The maximum atomic E-state index is 13.4. The number of nitrogens with zero attached hydrogens (tertiary/aromatic N) is 2. The van der Waals surface area contributed by atoms with Gasteiger partial charge in [-0.2, -0.15) is 0 Å². The highest BCUT2D eigenvalue weighted by atomic mass is 19.1. The first-order chi connectivity index (χ1) is 10.6. The highest BCUT2D eigenvalue weighted by Gasteiger charge is 2.11. The van der Waals surface area contributed by atoms with E-state index in [-0.39, 0.29) is 5.82 Å². The van der Waals surface area contributed by atoms with Crippen LogP contribution in [0, 0.1) is 5.82 Å². The molecule has 2 N–H and O–H groups in total. The quantitative estimate of drug-likeness (QED) is 0.796. The van der Waals surface area contributed by atoms with Gasteiger partial charge in [0.25, 0.3) is 0 Å². The van der Waals surface area contributed by atoms with E-state index in [1.165, 1.54) is 11.6 Å². The van der Waals surface area contributed by atoms with Gasteiger partial charge in [-0.25, -0.2) is 9.37 Å². The number of aromatic nitrogens is 2. The predicted octanol–water partition coefficient (Wildman–Crippen LogP) is 3.81. The second kappa shape index (κ2) is 5.89. The van der Waals surface area contributed by atoms with Crippen molar-refractivity contribution in [1.82, 2.24) is 9.55 Å². The van der Waals surface area contributed by atoms with E-state index in [0.29, 0.717) is 19.0 Å². The smallest absolute Gasteiger partial charge is 0.123 e. The van der Waals surface area contributed by atoms with Crippen LogP contribution in [0.25, 0.3) is 11.0 Å². The molecule has 0 radical (unpaired) electrons. The third-order valence-corrected chi connectivity index (χ3v) is 3.93. The standard InChI is InChI=1S/C18H20FN3/c1-12(2)14-6-7-17-16(9-14)21-18(10-20)22(17)11-13-4-3-5-15(19)8-13/h3-9,12H,10-11,20H2,1-2H3. The molecular weight excluding hydrogens is 277 g/mol. The van der Waals surface area contributed by atoms with E-state index in [9.17, 15) is 4.39 Å². The minimum atomic E-state index is -0.224. The van der Waals surface area contributed by atoms with Crippen molar-refractivity contribution in [3.63, 3.8) is 0 Å². The number of imidazole rings is 1. The molecule has 0 aliphatic heterocycles. The molecule has 0 amide bonds. The Morgan fingerprint density at radius 2 is 2.00 bits per heavy atom. The van der Waals surface area contributed by atoms with Crippen molar-refractivity contribution >= 4 is 11.0 Å². The van der Waals surface area contributed by atoms with Crippen LogP contribution in [0.5, 0.6) is 0 Å².